The fourth-order valence-electron chi connectivity index (χ4n) is 2.67. The molecule has 21 heavy (non-hydrogen) atoms. The van der Waals surface area contributed by atoms with Gasteiger partial charge in [-0.2, -0.15) is 0 Å². The number of hydrogen-bond acceptors (Lipinski definition) is 2. The molecule has 1 aliphatic rings. The molecule has 112 valence electrons. The van der Waals surface area contributed by atoms with Gasteiger partial charge in [0.25, 0.3) is 0 Å². The van der Waals surface area contributed by atoms with E-state index in [9.17, 15) is 0 Å². The van der Waals surface area contributed by atoms with E-state index in [1.165, 1.54) is 11.1 Å². The van der Waals surface area contributed by atoms with Crippen molar-refractivity contribution in [1.82, 2.24) is 5.32 Å². The van der Waals surface area contributed by atoms with Crippen molar-refractivity contribution < 1.29 is 17.1 Å². The maximum atomic E-state index is 6.22. The van der Waals surface area contributed by atoms with Crippen molar-refractivity contribution in [1.29, 1.82) is 0 Å². The lowest BCUT2D eigenvalue weighted by Crippen LogP contribution is -3.00. The predicted octanol–water partition coefficient (Wildman–Crippen LogP) is 0.412. The summed E-state index contributed by atoms with van der Waals surface area (Å²) < 4.78 is 6.22. The van der Waals surface area contributed by atoms with Crippen LogP contribution in [0.2, 0.25) is 0 Å². The highest BCUT2D eigenvalue weighted by Crippen LogP contribution is 2.24. The van der Waals surface area contributed by atoms with Gasteiger partial charge in [-0.25, -0.2) is 0 Å². The molecule has 0 amide bonds. The Kier molecular flexibility index (Phi) is 6.09. The van der Waals surface area contributed by atoms with Gasteiger partial charge >= 0.3 is 0 Å². The topological polar surface area (TPSA) is 21.3 Å². The van der Waals surface area contributed by atoms with E-state index in [-0.39, 0.29) is 12.4 Å². The number of rotatable bonds is 4. The van der Waals surface area contributed by atoms with Crippen LogP contribution in [0.15, 0.2) is 54.6 Å². The molecule has 0 aromatic heterocycles. The second-order valence-corrected chi connectivity index (χ2v) is 5.34. The molecule has 1 aliphatic heterocycles. The molecule has 3 rings (SSSR count). The number of ether oxygens (including phenoxy) is 1. The van der Waals surface area contributed by atoms with Crippen molar-refractivity contribution in [3.63, 3.8) is 0 Å². The number of halogens is 1. The minimum atomic E-state index is 0. The molecular weight excluding hydrogens is 282 g/mol. The summed E-state index contributed by atoms with van der Waals surface area (Å²) in [4.78, 5) is 0. The van der Waals surface area contributed by atoms with E-state index in [1.807, 2.05) is 0 Å². The highest BCUT2D eigenvalue weighted by molar-refractivity contribution is 5.37. The average Bonchev–Trinajstić information content (AvgIpc) is 2.51. The molecule has 1 fully saturated rings. The third kappa shape index (κ3) is 4.48. The third-order valence-electron chi connectivity index (χ3n) is 3.79. The Morgan fingerprint density at radius 3 is 2.33 bits per heavy atom. The molecule has 0 unspecified atom stereocenters. The summed E-state index contributed by atoms with van der Waals surface area (Å²) in [5.41, 5.74) is 2.60. The number of nitrogens with one attached hydrogen (secondary N) is 1. The van der Waals surface area contributed by atoms with Gasteiger partial charge in [0, 0.05) is 6.42 Å². The zero-order valence-electron chi connectivity index (χ0n) is 12.1. The molecule has 0 atom stereocenters. The second kappa shape index (κ2) is 8.06. The highest BCUT2D eigenvalue weighted by Gasteiger charge is 2.15. The second-order valence-electron chi connectivity index (χ2n) is 5.34. The summed E-state index contributed by atoms with van der Waals surface area (Å²) in [6.45, 7) is 2.12. The minimum absolute atomic E-state index is 0. The standard InChI is InChI=1S/C18H21NO.ClH/c1-2-6-15(7-3-1)14-16-8-4-5-9-18(16)20-17-10-12-19-13-11-17;/h1-9,17,19H,10-14H2;1H/p-1. The number of piperidine rings is 1. The van der Waals surface area contributed by atoms with Gasteiger partial charge in [0.1, 0.15) is 11.9 Å². The van der Waals surface area contributed by atoms with Crippen LogP contribution in [0.3, 0.4) is 0 Å². The van der Waals surface area contributed by atoms with Gasteiger partial charge in [0.05, 0.1) is 0 Å². The smallest absolute Gasteiger partial charge is 0.123 e. The van der Waals surface area contributed by atoms with Crippen molar-refractivity contribution in [3.05, 3.63) is 65.7 Å². The summed E-state index contributed by atoms with van der Waals surface area (Å²) in [6, 6.07) is 19.0. The normalized spacial score (nSPS) is 15.2. The van der Waals surface area contributed by atoms with Crippen molar-refractivity contribution >= 4 is 0 Å². The first-order valence-corrected chi connectivity index (χ1v) is 7.41. The van der Waals surface area contributed by atoms with E-state index >= 15 is 0 Å². The molecule has 1 N–H and O–H groups in total. The van der Waals surface area contributed by atoms with Crippen molar-refractivity contribution in [2.75, 3.05) is 13.1 Å². The van der Waals surface area contributed by atoms with E-state index < -0.39 is 0 Å². The van der Waals surface area contributed by atoms with Crippen LogP contribution in [-0.2, 0) is 6.42 Å². The van der Waals surface area contributed by atoms with E-state index in [1.54, 1.807) is 0 Å². The Morgan fingerprint density at radius 1 is 0.905 bits per heavy atom. The molecule has 1 saturated heterocycles. The van der Waals surface area contributed by atoms with Crippen LogP contribution in [0.25, 0.3) is 0 Å². The van der Waals surface area contributed by atoms with Crippen LogP contribution in [0.1, 0.15) is 24.0 Å². The molecule has 0 aliphatic carbocycles. The molecule has 3 heteroatoms. The van der Waals surface area contributed by atoms with Crippen molar-refractivity contribution in [3.8, 4) is 5.75 Å². The summed E-state index contributed by atoms with van der Waals surface area (Å²) in [5.74, 6) is 1.04. The zero-order chi connectivity index (χ0) is 13.6. The SMILES string of the molecule is [Cl-].c1ccc(Cc2ccccc2OC2CCNCC2)cc1. The summed E-state index contributed by atoms with van der Waals surface area (Å²) in [5, 5.41) is 3.37. The summed E-state index contributed by atoms with van der Waals surface area (Å²) in [6.07, 6.45) is 3.48. The van der Waals surface area contributed by atoms with Crippen LogP contribution in [0, 0.1) is 0 Å². The Morgan fingerprint density at radius 2 is 1.57 bits per heavy atom. The van der Waals surface area contributed by atoms with Gasteiger partial charge in [-0.15, -0.1) is 0 Å². The lowest BCUT2D eigenvalue weighted by atomic mass is 10.0. The first-order chi connectivity index (χ1) is 9.92. The molecule has 1 heterocycles. The Bertz CT molecular complexity index is 538. The van der Waals surface area contributed by atoms with Crippen molar-refractivity contribution in [2.45, 2.75) is 25.4 Å². The first-order valence-electron chi connectivity index (χ1n) is 7.41. The Balaban J connectivity index is 0.00000161. The van der Waals surface area contributed by atoms with E-state index in [0.29, 0.717) is 6.10 Å². The lowest BCUT2D eigenvalue weighted by molar-refractivity contribution is -0.00000523. The third-order valence-corrected chi connectivity index (χ3v) is 3.79. The largest absolute Gasteiger partial charge is 1.00 e. The van der Waals surface area contributed by atoms with Crippen LogP contribution in [0.4, 0.5) is 0 Å². The van der Waals surface area contributed by atoms with Gasteiger partial charge in [-0.3, -0.25) is 0 Å². The van der Waals surface area contributed by atoms with Crippen LogP contribution in [-0.4, -0.2) is 19.2 Å². The lowest BCUT2D eigenvalue weighted by Gasteiger charge is -2.25. The highest BCUT2D eigenvalue weighted by atomic mass is 35.5. The van der Waals surface area contributed by atoms with Gasteiger partial charge in [-0.05, 0) is 43.1 Å². The zero-order valence-corrected chi connectivity index (χ0v) is 12.9. The van der Waals surface area contributed by atoms with Gasteiger partial charge < -0.3 is 22.5 Å². The van der Waals surface area contributed by atoms with Gasteiger partial charge in [0.15, 0.2) is 0 Å². The molecule has 2 aromatic rings. The average molecular weight is 303 g/mol. The fraction of sp³-hybridized carbons (Fsp3) is 0.333. The Labute approximate surface area is 132 Å². The molecule has 0 radical (unpaired) electrons. The maximum absolute atomic E-state index is 6.22. The molecule has 0 saturated carbocycles. The summed E-state index contributed by atoms with van der Waals surface area (Å²) in [7, 11) is 0. The monoisotopic (exact) mass is 302 g/mol. The quantitative estimate of drug-likeness (QED) is 0.883. The molecule has 0 spiro atoms. The van der Waals surface area contributed by atoms with Crippen LogP contribution in [0.5, 0.6) is 5.75 Å². The molecule has 2 aromatic carbocycles. The fourth-order valence-corrected chi connectivity index (χ4v) is 2.67. The predicted molar refractivity (Wildman–Crippen MR) is 82.2 cm³/mol. The van der Waals surface area contributed by atoms with E-state index in [2.05, 4.69) is 59.9 Å². The van der Waals surface area contributed by atoms with E-state index in [4.69, 9.17) is 4.74 Å². The van der Waals surface area contributed by atoms with Gasteiger partial charge in [0.2, 0.25) is 0 Å². The van der Waals surface area contributed by atoms with Crippen LogP contribution < -0.4 is 22.5 Å². The van der Waals surface area contributed by atoms with Crippen LogP contribution >= 0.6 is 0 Å². The number of hydrogen-bond donors (Lipinski definition) is 1. The summed E-state index contributed by atoms with van der Waals surface area (Å²) >= 11 is 0. The first kappa shape index (κ1) is 15.9. The minimum Gasteiger partial charge on any atom is -1.00 e. The molecular formula is C18H21ClNO-. The number of para-hydroxylation sites is 1. The maximum Gasteiger partial charge on any atom is 0.123 e. The number of benzene rings is 2. The van der Waals surface area contributed by atoms with E-state index in [0.717, 1.165) is 38.1 Å². The molecule has 2 nitrogen and oxygen atoms in total. The van der Waals surface area contributed by atoms with Gasteiger partial charge in [-0.1, -0.05) is 48.5 Å². The Hall–Kier alpha value is -1.51. The molecule has 0 bridgehead atoms. The van der Waals surface area contributed by atoms with Crippen molar-refractivity contribution in [2.24, 2.45) is 0 Å².